The average molecular weight is 269 g/mol. The summed E-state index contributed by atoms with van der Waals surface area (Å²) >= 11 is 1.84. The summed E-state index contributed by atoms with van der Waals surface area (Å²) in [5.41, 5.74) is 0.659. The van der Waals surface area contributed by atoms with E-state index in [0.29, 0.717) is 12.2 Å². The molecule has 0 unspecified atom stereocenters. The summed E-state index contributed by atoms with van der Waals surface area (Å²) in [6.07, 6.45) is 1.000. The van der Waals surface area contributed by atoms with Crippen LogP contribution in [0.3, 0.4) is 0 Å². The van der Waals surface area contributed by atoms with E-state index in [9.17, 15) is 0 Å². The Morgan fingerprint density at radius 1 is 1.00 bits per heavy atom. The quantitative estimate of drug-likeness (QED) is 0.584. The van der Waals surface area contributed by atoms with Gasteiger partial charge in [0.1, 0.15) is 5.75 Å². The Balaban J connectivity index is 1.65. The minimum absolute atomic E-state index is 0.659. The third kappa shape index (κ3) is 4.69. The van der Waals surface area contributed by atoms with Crippen molar-refractivity contribution in [3.05, 3.63) is 60.2 Å². The lowest BCUT2D eigenvalue weighted by molar-refractivity contribution is 0.318. The topological polar surface area (TPSA) is 33.0 Å². The number of nitriles is 1. The number of rotatable bonds is 6. The second-order valence-corrected chi connectivity index (χ2v) is 5.17. The SMILES string of the molecule is N#Cc1ccc(OCCCSc2ccccc2)cc1. The highest BCUT2D eigenvalue weighted by atomic mass is 32.2. The van der Waals surface area contributed by atoms with Crippen LogP contribution in [0.25, 0.3) is 0 Å². The zero-order chi connectivity index (χ0) is 13.3. The van der Waals surface area contributed by atoms with E-state index >= 15 is 0 Å². The fourth-order valence-corrected chi connectivity index (χ4v) is 2.43. The molecule has 0 saturated carbocycles. The minimum Gasteiger partial charge on any atom is -0.494 e. The molecule has 19 heavy (non-hydrogen) atoms. The molecule has 0 N–H and O–H groups in total. The summed E-state index contributed by atoms with van der Waals surface area (Å²) in [5, 5.41) is 8.69. The van der Waals surface area contributed by atoms with Crippen LogP contribution >= 0.6 is 11.8 Å². The van der Waals surface area contributed by atoms with Crippen molar-refractivity contribution < 1.29 is 4.74 Å². The standard InChI is InChI=1S/C16H15NOS/c17-13-14-7-9-15(10-8-14)18-11-4-12-19-16-5-2-1-3-6-16/h1-3,5-10H,4,11-12H2. The van der Waals surface area contributed by atoms with Crippen molar-refractivity contribution >= 4 is 11.8 Å². The van der Waals surface area contributed by atoms with Gasteiger partial charge in [-0.05, 0) is 42.8 Å². The van der Waals surface area contributed by atoms with Crippen LogP contribution in [0.4, 0.5) is 0 Å². The maximum atomic E-state index is 8.69. The molecule has 96 valence electrons. The molecule has 3 heteroatoms. The largest absolute Gasteiger partial charge is 0.494 e. The lowest BCUT2D eigenvalue weighted by Crippen LogP contribution is -1.98. The smallest absolute Gasteiger partial charge is 0.119 e. The van der Waals surface area contributed by atoms with E-state index in [1.54, 1.807) is 12.1 Å². The molecule has 0 bridgehead atoms. The van der Waals surface area contributed by atoms with Crippen molar-refractivity contribution in [2.24, 2.45) is 0 Å². The van der Waals surface area contributed by atoms with Crippen LogP contribution in [-0.2, 0) is 0 Å². The molecule has 0 saturated heterocycles. The van der Waals surface area contributed by atoms with Crippen LogP contribution in [0.2, 0.25) is 0 Å². The molecule has 0 aliphatic carbocycles. The van der Waals surface area contributed by atoms with E-state index in [4.69, 9.17) is 10.00 Å². The molecule has 0 fully saturated rings. The Hall–Kier alpha value is -1.92. The number of hydrogen-bond donors (Lipinski definition) is 0. The zero-order valence-corrected chi connectivity index (χ0v) is 11.4. The molecule has 0 radical (unpaired) electrons. The Morgan fingerprint density at radius 2 is 1.74 bits per heavy atom. The van der Waals surface area contributed by atoms with Crippen molar-refractivity contribution in [3.8, 4) is 11.8 Å². The molecule has 0 atom stereocenters. The van der Waals surface area contributed by atoms with Crippen LogP contribution in [0.1, 0.15) is 12.0 Å². The Kier molecular flexibility index (Phi) is 5.33. The van der Waals surface area contributed by atoms with Gasteiger partial charge in [-0.25, -0.2) is 0 Å². The van der Waals surface area contributed by atoms with Crippen molar-refractivity contribution in [1.29, 1.82) is 5.26 Å². The summed E-state index contributed by atoms with van der Waals surface area (Å²) in [7, 11) is 0. The van der Waals surface area contributed by atoms with Crippen molar-refractivity contribution in [3.63, 3.8) is 0 Å². The number of thioether (sulfide) groups is 1. The predicted molar refractivity (Wildman–Crippen MR) is 78.4 cm³/mol. The summed E-state index contributed by atoms with van der Waals surface area (Å²) in [6, 6.07) is 19.7. The lowest BCUT2D eigenvalue weighted by Gasteiger charge is -2.06. The molecule has 0 amide bonds. The first-order valence-corrected chi connectivity index (χ1v) is 7.18. The van der Waals surface area contributed by atoms with Gasteiger partial charge in [0.25, 0.3) is 0 Å². The van der Waals surface area contributed by atoms with Crippen molar-refractivity contribution in [2.75, 3.05) is 12.4 Å². The van der Waals surface area contributed by atoms with Gasteiger partial charge in [0.05, 0.1) is 18.2 Å². The molecule has 0 aliphatic heterocycles. The normalized spacial score (nSPS) is 9.84. The monoisotopic (exact) mass is 269 g/mol. The van der Waals surface area contributed by atoms with Gasteiger partial charge >= 0.3 is 0 Å². The highest BCUT2D eigenvalue weighted by Crippen LogP contribution is 2.18. The fourth-order valence-electron chi connectivity index (χ4n) is 1.58. The van der Waals surface area contributed by atoms with E-state index in [-0.39, 0.29) is 0 Å². The van der Waals surface area contributed by atoms with Crippen molar-refractivity contribution in [1.82, 2.24) is 0 Å². The highest BCUT2D eigenvalue weighted by molar-refractivity contribution is 7.99. The molecule has 2 nitrogen and oxygen atoms in total. The first-order valence-electron chi connectivity index (χ1n) is 6.19. The maximum absolute atomic E-state index is 8.69. The Morgan fingerprint density at radius 3 is 2.42 bits per heavy atom. The molecule has 0 aliphatic rings. The number of hydrogen-bond acceptors (Lipinski definition) is 3. The highest BCUT2D eigenvalue weighted by Gasteiger charge is 1.96. The Labute approximate surface area is 118 Å². The first-order chi connectivity index (χ1) is 9.38. The molecule has 2 aromatic carbocycles. The number of benzene rings is 2. The number of ether oxygens (including phenoxy) is 1. The lowest BCUT2D eigenvalue weighted by atomic mass is 10.2. The minimum atomic E-state index is 0.659. The molecular weight excluding hydrogens is 254 g/mol. The second kappa shape index (κ2) is 7.50. The summed E-state index contributed by atoms with van der Waals surface area (Å²) in [4.78, 5) is 1.29. The second-order valence-electron chi connectivity index (χ2n) is 4.00. The maximum Gasteiger partial charge on any atom is 0.119 e. The molecule has 0 heterocycles. The Bertz CT molecular complexity index is 531. The first kappa shape index (κ1) is 13.5. The van der Waals surface area contributed by atoms with Crippen LogP contribution in [0.5, 0.6) is 5.75 Å². The van der Waals surface area contributed by atoms with Gasteiger partial charge in [-0.3, -0.25) is 0 Å². The predicted octanol–water partition coefficient (Wildman–Crippen LogP) is 4.12. The molecule has 2 rings (SSSR count). The molecule has 2 aromatic rings. The van der Waals surface area contributed by atoms with Gasteiger partial charge in [0.2, 0.25) is 0 Å². The van der Waals surface area contributed by atoms with E-state index in [1.165, 1.54) is 4.90 Å². The molecule has 0 aromatic heterocycles. The zero-order valence-electron chi connectivity index (χ0n) is 10.6. The summed E-state index contributed by atoms with van der Waals surface area (Å²) in [6.45, 7) is 0.700. The van der Waals surface area contributed by atoms with Gasteiger partial charge in [-0.1, -0.05) is 18.2 Å². The van der Waals surface area contributed by atoms with Crippen LogP contribution in [-0.4, -0.2) is 12.4 Å². The average Bonchev–Trinajstić information content (AvgIpc) is 2.49. The van der Waals surface area contributed by atoms with Crippen molar-refractivity contribution in [2.45, 2.75) is 11.3 Å². The third-order valence-electron chi connectivity index (χ3n) is 2.55. The van der Waals surface area contributed by atoms with Crippen LogP contribution in [0, 0.1) is 11.3 Å². The van der Waals surface area contributed by atoms with Crippen LogP contribution in [0.15, 0.2) is 59.5 Å². The summed E-state index contributed by atoms with van der Waals surface area (Å²) in [5.74, 6) is 1.86. The van der Waals surface area contributed by atoms with Gasteiger partial charge in [0.15, 0.2) is 0 Å². The molecule has 0 spiro atoms. The van der Waals surface area contributed by atoms with Gasteiger partial charge in [0, 0.05) is 10.6 Å². The van der Waals surface area contributed by atoms with E-state index in [2.05, 4.69) is 30.3 Å². The fraction of sp³-hybridized carbons (Fsp3) is 0.188. The van der Waals surface area contributed by atoms with Crippen LogP contribution < -0.4 is 4.74 Å². The molecular formula is C16H15NOS. The van der Waals surface area contributed by atoms with E-state index < -0.39 is 0 Å². The third-order valence-corrected chi connectivity index (χ3v) is 3.65. The summed E-state index contributed by atoms with van der Waals surface area (Å²) < 4.78 is 5.62. The van der Waals surface area contributed by atoms with Gasteiger partial charge in [-0.2, -0.15) is 5.26 Å². The van der Waals surface area contributed by atoms with Gasteiger partial charge in [-0.15, -0.1) is 11.8 Å². The van der Waals surface area contributed by atoms with E-state index in [0.717, 1.165) is 17.9 Å². The number of nitrogens with zero attached hydrogens (tertiary/aromatic N) is 1. The van der Waals surface area contributed by atoms with E-state index in [1.807, 2.05) is 30.0 Å². The van der Waals surface area contributed by atoms with Gasteiger partial charge < -0.3 is 4.74 Å².